The third kappa shape index (κ3) is 2.56. The van der Waals surface area contributed by atoms with Crippen molar-refractivity contribution >= 4 is 39.3 Å². The number of fused-ring (bicyclic) bond motifs is 4. The molecule has 0 atom stereocenters. The van der Waals surface area contributed by atoms with Crippen LogP contribution >= 0.6 is 11.8 Å². The minimum atomic E-state index is -0.197. The van der Waals surface area contributed by atoms with Gasteiger partial charge in [0.05, 0.1) is 17.5 Å². The molecule has 0 saturated carbocycles. The molecule has 0 unspecified atom stereocenters. The van der Waals surface area contributed by atoms with Crippen molar-refractivity contribution in [3.05, 3.63) is 52.5 Å². The summed E-state index contributed by atoms with van der Waals surface area (Å²) in [4.78, 5) is 28.8. The number of para-hydroxylation sites is 1. The Morgan fingerprint density at radius 3 is 2.85 bits per heavy atom. The van der Waals surface area contributed by atoms with Gasteiger partial charge in [0.2, 0.25) is 0 Å². The zero-order valence-electron chi connectivity index (χ0n) is 14.5. The monoisotopic (exact) mass is 378 g/mol. The van der Waals surface area contributed by atoms with Gasteiger partial charge in [-0.15, -0.1) is 5.10 Å². The minimum absolute atomic E-state index is 0.197. The molecule has 0 fully saturated rings. The molecule has 5 aromatic rings. The van der Waals surface area contributed by atoms with Crippen molar-refractivity contribution in [3.8, 4) is 0 Å². The smallest absolute Gasteiger partial charge is 0.262 e. The average Bonchev–Trinajstić information content (AvgIpc) is 3.23. The first-order valence-corrected chi connectivity index (χ1v) is 9.24. The van der Waals surface area contributed by atoms with Crippen molar-refractivity contribution in [2.24, 2.45) is 7.05 Å². The van der Waals surface area contributed by atoms with Crippen molar-refractivity contribution in [2.45, 2.75) is 17.8 Å². The Morgan fingerprint density at radius 2 is 1.96 bits per heavy atom. The Morgan fingerprint density at radius 1 is 1.11 bits per heavy atom. The summed E-state index contributed by atoms with van der Waals surface area (Å²) in [6.07, 6.45) is 1.52. The minimum Gasteiger partial charge on any atom is -0.309 e. The van der Waals surface area contributed by atoms with Crippen molar-refractivity contribution in [2.75, 3.05) is 0 Å². The number of rotatable bonds is 3. The first kappa shape index (κ1) is 15.9. The maximum absolute atomic E-state index is 12.2. The first-order chi connectivity index (χ1) is 13.1. The highest BCUT2D eigenvalue weighted by Gasteiger charge is 2.14. The van der Waals surface area contributed by atoms with Crippen LogP contribution in [0.2, 0.25) is 0 Å². The summed E-state index contributed by atoms with van der Waals surface area (Å²) < 4.78 is 3.33. The largest absolute Gasteiger partial charge is 0.309 e. The molecule has 0 saturated heterocycles. The lowest BCUT2D eigenvalue weighted by atomic mass is 10.2. The van der Waals surface area contributed by atoms with Crippen LogP contribution in [0.25, 0.3) is 27.6 Å². The number of hydrogen-bond donors (Lipinski definition) is 1. The van der Waals surface area contributed by atoms with Gasteiger partial charge in [-0.3, -0.25) is 9.48 Å². The molecule has 0 aliphatic rings. The molecule has 27 heavy (non-hydrogen) atoms. The van der Waals surface area contributed by atoms with Crippen LogP contribution in [-0.4, -0.2) is 39.3 Å². The zero-order valence-corrected chi connectivity index (χ0v) is 15.4. The number of hydrogen-bond acceptors (Lipinski definition) is 7. The number of benzene rings is 1. The van der Waals surface area contributed by atoms with Crippen LogP contribution in [0.15, 0.2) is 40.4 Å². The van der Waals surface area contributed by atoms with Crippen LogP contribution in [0, 0.1) is 6.92 Å². The van der Waals surface area contributed by atoms with E-state index in [2.05, 4.69) is 25.1 Å². The number of aryl methyl sites for hydroxylation is 2. The number of aromatic nitrogens is 8. The SMILES string of the molecule is Cc1nc2c3ccccc3nc(SCc3nc4c(cnn4C)c(=O)[nH]3)n2n1. The number of aromatic amines is 1. The van der Waals surface area contributed by atoms with Gasteiger partial charge in [0, 0.05) is 12.4 Å². The van der Waals surface area contributed by atoms with Crippen LogP contribution in [0.4, 0.5) is 0 Å². The topological polar surface area (TPSA) is 107 Å². The molecule has 0 aliphatic heterocycles. The molecule has 0 amide bonds. The van der Waals surface area contributed by atoms with E-state index in [0.717, 1.165) is 16.6 Å². The van der Waals surface area contributed by atoms with Gasteiger partial charge in [0.15, 0.2) is 16.5 Å². The van der Waals surface area contributed by atoms with Gasteiger partial charge in [-0.25, -0.2) is 15.0 Å². The lowest BCUT2D eigenvalue weighted by molar-refractivity contribution is 0.781. The number of nitrogens with zero attached hydrogens (tertiary/aromatic N) is 7. The van der Waals surface area contributed by atoms with E-state index < -0.39 is 0 Å². The average molecular weight is 378 g/mol. The lowest BCUT2D eigenvalue weighted by Crippen LogP contribution is -2.11. The van der Waals surface area contributed by atoms with Crippen molar-refractivity contribution < 1.29 is 0 Å². The van der Waals surface area contributed by atoms with Crippen LogP contribution in [-0.2, 0) is 12.8 Å². The molecular weight excluding hydrogens is 364 g/mol. The fraction of sp³-hybridized carbons (Fsp3) is 0.176. The van der Waals surface area contributed by atoms with E-state index in [0.29, 0.717) is 33.6 Å². The Labute approximate surface area is 156 Å². The number of thioether (sulfide) groups is 1. The molecule has 134 valence electrons. The summed E-state index contributed by atoms with van der Waals surface area (Å²) in [5.74, 6) is 1.68. The van der Waals surface area contributed by atoms with Gasteiger partial charge in [-0.2, -0.15) is 9.61 Å². The highest BCUT2D eigenvalue weighted by Crippen LogP contribution is 2.25. The Kier molecular flexibility index (Phi) is 3.47. The standard InChI is InChI=1S/C17H14N8OS/c1-9-19-15-10-5-3-4-6-12(10)20-17(25(15)23-9)27-8-13-21-14-11(16(26)22-13)7-18-24(14)2/h3-7H,8H2,1-2H3,(H,21,22,26). The van der Waals surface area contributed by atoms with Crippen molar-refractivity contribution in [3.63, 3.8) is 0 Å². The Balaban J connectivity index is 1.58. The van der Waals surface area contributed by atoms with E-state index >= 15 is 0 Å². The second-order valence-electron chi connectivity index (χ2n) is 6.11. The van der Waals surface area contributed by atoms with Gasteiger partial charge < -0.3 is 4.98 Å². The van der Waals surface area contributed by atoms with E-state index in [1.165, 1.54) is 18.0 Å². The van der Waals surface area contributed by atoms with Gasteiger partial charge in [0.25, 0.3) is 5.56 Å². The van der Waals surface area contributed by atoms with Gasteiger partial charge in [0.1, 0.15) is 17.0 Å². The summed E-state index contributed by atoms with van der Waals surface area (Å²) in [5.41, 5.74) is 1.98. The molecule has 4 aromatic heterocycles. The predicted molar refractivity (Wildman–Crippen MR) is 102 cm³/mol. The quantitative estimate of drug-likeness (QED) is 0.377. The van der Waals surface area contributed by atoms with Gasteiger partial charge in [-0.1, -0.05) is 23.9 Å². The molecule has 0 radical (unpaired) electrons. The van der Waals surface area contributed by atoms with Crippen molar-refractivity contribution in [1.82, 2.24) is 39.3 Å². The fourth-order valence-corrected chi connectivity index (χ4v) is 3.82. The first-order valence-electron chi connectivity index (χ1n) is 8.26. The lowest BCUT2D eigenvalue weighted by Gasteiger charge is -2.06. The highest BCUT2D eigenvalue weighted by molar-refractivity contribution is 7.98. The zero-order chi connectivity index (χ0) is 18.5. The molecule has 0 aliphatic carbocycles. The third-order valence-corrected chi connectivity index (χ3v) is 5.18. The van der Waals surface area contributed by atoms with E-state index in [-0.39, 0.29) is 5.56 Å². The van der Waals surface area contributed by atoms with E-state index in [1.54, 1.807) is 16.2 Å². The molecule has 0 bridgehead atoms. The van der Waals surface area contributed by atoms with E-state index in [9.17, 15) is 4.79 Å². The van der Waals surface area contributed by atoms with E-state index in [1.807, 2.05) is 31.2 Å². The molecule has 1 N–H and O–H groups in total. The number of nitrogens with one attached hydrogen (secondary N) is 1. The van der Waals surface area contributed by atoms with Gasteiger partial charge in [-0.05, 0) is 19.1 Å². The Bertz CT molecular complexity index is 1380. The molecule has 1 aromatic carbocycles. The predicted octanol–water partition coefficient (Wildman–Crippen LogP) is 1.85. The second kappa shape index (κ2) is 5.88. The van der Waals surface area contributed by atoms with Gasteiger partial charge >= 0.3 is 0 Å². The normalized spacial score (nSPS) is 11.8. The van der Waals surface area contributed by atoms with E-state index in [4.69, 9.17) is 4.98 Å². The fourth-order valence-electron chi connectivity index (χ4n) is 3.01. The summed E-state index contributed by atoms with van der Waals surface area (Å²) in [5, 5.41) is 10.7. The molecule has 4 heterocycles. The molecule has 0 spiro atoms. The summed E-state index contributed by atoms with van der Waals surface area (Å²) >= 11 is 1.44. The highest BCUT2D eigenvalue weighted by atomic mass is 32.2. The summed E-state index contributed by atoms with van der Waals surface area (Å²) in [6.45, 7) is 1.85. The molecule has 9 nitrogen and oxygen atoms in total. The summed E-state index contributed by atoms with van der Waals surface area (Å²) in [6, 6.07) is 7.83. The second-order valence-corrected chi connectivity index (χ2v) is 7.06. The third-order valence-electron chi connectivity index (χ3n) is 4.24. The van der Waals surface area contributed by atoms with Crippen LogP contribution < -0.4 is 5.56 Å². The van der Waals surface area contributed by atoms with Crippen molar-refractivity contribution in [1.29, 1.82) is 0 Å². The summed E-state index contributed by atoms with van der Waals surface area (Å²) in [7, 11) is 1.76. The molecule has 10 heteroatoms. The molecule has 5 rings (SSSR count). The van der Waals surface area contributed by atoms with Crippen LogP contribution in [0.5, 0.6) is 0 Å². The maximum Gasteiger partial charge on any atom is 0.262 e. The number of H-pyrrole nitrogens is 1. The molecular formula is C17H14N8OS. The van der Waals surface area contributed by atoms with Crippen LogP contribution in [0.3, 0.4) is 0 Å². The Hall–Kier alpha value is -3.27. The maximum atomic E-state index is 12.2. The van der Waals surface area contributed by atoms with Crippen LogP contribution in [0.1, 0.15) is 11.6 Å².